The summed E-state index contributed by atoms with van der Waals surface area (Å²) in [4.78, 5) is 15.5. The quantitative estimate of drug-likeness (QED) is 0.181. The molecule has 0 amide bonds. The predicted molar refractivity (Wildman–Crippen MR) is 225 cm³/mol. The van der Waals surface area contributed by atoms with E-state index in [0.29, 0.717) is 0 Å². The highest BCUT2D eigenvalue weighted by molar-refractivity contribution is 8.05. The van der Waals surface area contributed by atoms with Crippen molar-refractivity contribution >= 4 is 45.3 Å². The van der Waals surface area contributed by atoms with Crippen molar-refractivity contribution in [2.24, 2.45) is 0 Å². The van der Waals surface area contributed by atoms with Crippen LogP contribution in [0.1, 0.15) is 25.0 Å². The van der Waals surface area contributed by atoms with Crippen LogP contribution in [0, 0.1) is 0 Å². The molecule has 256 valence electrons. The van der Waals surface area contributed by atoms with E-state index in [1.54, 1.807) is 0 Å². The van der Waals surface area contributed by atoms with Crippen molar-refractivity contribution in [1.29, 1.82) is 0 Å². The Morgan fingerprint density at radius 1 is 0.519 bits per heavy atom. The summed E-state index contributed by atoms with van der Waals surface area (Å²) in [6.45, 7) is 4.82. The molecule has 0 bridgehead atoms. The van der Waals surface area contributed by atoms with Crippen LogP contribution in [-0.4, -0.2) is 14.5 Å². The Kier molecular flexibility index (Phi) is 7.07. The van der Waals surface area contributed by atoms with Crippen molar-refractivity contribution in [1.82, 2.24) is 14.5 Å². The molecule has 7 aromatic carbocycles. The molecular weight excluding hydrogens is 695 g/mol. The van der Waals surface area contributed by atoms with E-state index in [9.17, 15) is 0 Å². The highest BCUT2D eigenvalue weighted by atomic mass is 32.2. The molecule has 54 heavy (non-hydrogen) atoms. The number of aromatic nitrogens is 3. The second-order valence-corrected chi connectivity index (χ2v) is 16.7. The van der Waals surface area contributed by atoms with Gasteiger partial charge in [-0.05, 0) is 59.2 Å². The summed E-state index contributed by atoms with van der Waals surface area (Å²) in [6.07, 6.45) is 0. The van der Waals surface area contributed by atoms with Gasteiger partial charge >= 0.3 is 0 Å². The number of para-hydroxylation sites is 1. The Morgan fingerprint density at radius 3 is 1.89 bits per heavy atom. The van der Waals surface area contributed by atoms with Crippen LogP contribution in [0.4, 0.5) is 0 Å². The lowest BCUT2D eigenvalue weighted by atomic mass is 9.82. The predicted octanol–water partition coefficient (Wildman–Crippen LogP) is 13.5. The smallest absolute Gasteiger partial charge is 0.160 e. The normalized spacial score (nSPS) is 13.7. The fourth-order valence-corrected chi connectivity index (χ4v) is 11.1. The van der Waals surface area contributed by atoms with Gasteiger partial charge in [-0.15, -0.1) is 0 Å². The summed E-state index contributed by atoms with van der Waals surface area (Å²) in [5, 5.41) is 2.54. The van der Waals surface area contributed by atoms with E-state index < -0.39 is 0 Å². The highest BCUT2D eigenvalue weighted by Crippen LogP contribution is 2.60. The average molecular weight is 728 g/mol. The molecule has 0 saturated carbocycles. The number of nitrogens with zero attached hydrogens (tertiary/aromatic N) is 3. The van der Waals surface area contributed by atoms with E-state index in [-0.39, 0.29) is 5.41 Å². The van der Waals surface area contributed by atoms with Gasteiger partial charge in [-0.1, -0.05) is 159 Å². The van der Waals surface area contributed by atoms with Gasteiger partial charge in [0, 0.05) is 63.7 Å². The van der Waals surface area contributed by atoms with Gasteiger partial charge in [-0.25, -0.2) is 9.97 Å². The van der Waals surface area contributed by atoms with E-state index in [1.807, 2.05) is 47.8 Å². The minimum Gasteiger partial charge on any atom is -0.309 e. The third kappa shape index (κ3) is 4.78. The Labute approximate surface area is 322 Å². The van der Waals surface area contributed by atoms with Crippen molar-refractivity contribution < 1.29 is 0 Å². The first-order chi connectivity index (χ1) is 26.5. The van der Waals surface area contributed by atoms with Crippen molar-refractivity contribution in [3.05, 3.63) is 175 Å². The first kappa shape index (κ1) is 31.6. The van der Waals surface area contributed by atoms with Crippen LogP contribution in [-0.2, 0) is 5.41 Å². The minimum atomic E-state index is -0.158. The van der Waals surface area contributed by atoms with Crippen LogP contribution in [0.3, 0.4) is 0 Å². The molecule has 1 aliphatic carbocycles. The van der Waals surface area contributed by atoms with Gasteiger partial charge in [-0.2, -0.15) is 0 Å². The molecule has 11 rings (SSSR count). The summed E-state index contributed by atoms with van der Waals surface area (Å²) in [7, 11) is 0. The maximum atomic E-state index is 5.11. The Bertz CT molecular complexity index is 2890. The van der Waals surface area contributed by atoms with Gasteiger partial charge in [0.1, 0.15) is 0 Å². The fraction of sp³-hybridized carbons (Fsp3) is 0.0612. The average Bonchev–Trinajstić information content (AvgIpc) is 3.69. The molecule has 0 spiro atoms. The van der Waals surface area contributed by atoms with Gasteiger partial charge in [-0.3, -0.25) is 0 Å². The zero-order valence-electron chi connectivity index (χ0n) is 29.7. The van der Waals surface area contributed by atoms with Crippen molar-refractivity contribution in [2.45, 2.75) is 38.8 Å². The molecule has 1 aliphatic heterocycles. The van der Waals surface area contributed by atoms with Crippen LogP contribution >= 0.6 is 23.5 Å². The van der Waals surface area contributed by atoms with Crippen LogP contribution < -0.4 is 0 Å². The monoisotopic (exact) mass is 727 g/mol. The van der Waals surface area contributed by atoms with E-state index >= 15 is 0 Å². The third-order valence-electron chi connectivity index (χ3n) is 11.1. The van der Waals surface area contributed by atoms with Crippen LogP contribution in [0.25, 0.3) is 72.5 Å². The summed E-state index contributed by atoms with van der Waals surface area (Å²) in [6, 6.07) is 58.8. The first-order valence-electron chi connectivity index (χ1n) is 18.3. The SMILES string of the molecule is CC1(C)c2ccc3c4ccccc4n(-c4ccc(-c5cc(-c6ccccc6)nc(-c6ccccc6)n5)cc4)c3c2-c2ccc3c(c21)Sc1ccccc1S3. The number of fused-ring (bicyclic) bond motifs is 10. The van der Waals surface area contributed by atoms with Crippen LogP contribution in [0.2, 0.25) is 0 Å². The lowest BCUT2D eigenvalue weighted by Gasteiger charge is -2.28. The van der Waals surface area contributed by atoms with Crippen molar-refractivity contribution in [3.63, 3.8) is 0 Å². The Morgan fingerprint density at radius 2 is 1.15 bits per heavy atom. The van der Waals surface area contributed by atoms with Crippen LogP contribution in [0.15, 0.2) is 183 Å². The summed E-state index contributed by atoms with van der Waals surface area (Å²) in [5.41, 5.74) is 13.9. The molecule has 0 fully saturated rings. The lowest BCUT2D eigenvalue weighted by molar-refractivity contribution is 0.642. The molecule has 3 heterocycles. The van der Waals surface area contributed by atoms with Crippen molar-refractivity contribution in [2.75, 3.05) is 0 Å². The molecule has 9 aromatic rings. The van der Waals surface area contributed by atoms with E-state index in [1.165, 1.54) is 63.6 Å². The molecule has 3 nitrogen and oxygen atoms in total. The number of hydrogen-bond donors (Lipinski definition) is 0. The fourth-order valence-electron chi connectivity index (χ4n) is 8.52. The third-order valence-corrected chi connectivity index (χ3v) is 13.7. The van der Waals surface area contributed by atoms with Crippen molar-refractivity contribution in [3.8, 4) is 50.7 Å². The molecule has 0 atom stereocenters. The topological polar surface area (TPSA) is 30.7 Å². The van der Waals surface area contributed by atoms with E-state index in [0.717, 1.165) is 39.6 Å². The summed E-state index contributed by atoms with van der Waals surface area (Å²) >= 11 is 3.83. The van der Waals surface area contributed by atoms with E-state index in [4.69, 9.17) is 9.97 Å². The summed E-state index contributed by atoms with van der Waals surface area (Å²) in [5.74, 6) is 0.720. The minimum absolute atomic E-state index is 0.158. The van der Waals surface area contributed by atoms with Gasteiger partial charge < -0.3 is 4.57 Å². The Hall–Kier alpha value is -5.88. The Balaban J connectivity index is 1.09. The molecular formula is C49H33N3S2. The molecule has 2 aromatic heterocycles. The van der Waals surface area contributed by atoms with Gasteiger partial charge in [0.2, 0.25) is 0 Å². The zero-order valence-corrected chi connectivity index (χ0v) is 31.4. The molecule has 0 saturated heterocycles. The maximum Gasteiger partial charge on any atom is 0.160 e. The summed E-state index contributed by atoms with van der Waals surface area (Å²) < 4.78 is 2.49. The van der Waals surface area contributed by atoms with Gasteiger partial charge in [0.25, 0.3) is 0 Å². The molecule has 2 aliphatic rings. The zero-order chi connectivity index (χ0) is 36.0. The number of benzene rings is 7. The second kappa shape index (κ2) is 12.1. The number of hydrogen-bond acceptors (Lipinski definition) is 4. The highest BCUT2D eigenvalue weighted by Gasteiger charge is 2.41. The lowest BCUT2D eigenvalue weighted by Crippen LogP contribution is -2.17. The van der Waals surface area contributed by atoms with Gasteiger partial charge in [0.05, 0.1) is 22.4 Å². The molecule has 0 N–H and O–H groups in total. The van der Waals surface area contributed by atoms with Gasteiger partial charge in [0.15, 0.2) is 5.82 Å². The first-order valence-corrected chi connectivity index (χ1v) is 20.0. The standard InChI is InChI=1S/C49H33N3S2/c1-49(2)37-27-25-35-34-17-9-10-18-40(34)52(46(35)44(37)36-26-28-43-47(45(36)49)54-42-20-12-11-19-41(42)53-43)33-23-21-31(22-24-33)39-29-38(30-13-5-3-6-14-30)50-48(51-39)32-15-7-4-8-16-32/h3-29H,1-2H3. The molecule has 5 heteroatoms. The molecule has 0 unspecified atom stereocenters. The number of rotatable bonds is 4. The second-order valence-electron chi connectivity index (χ2n) is 14.6. The molecule has 0 radical (unpaired) electrons. The largest absolute Gasteiger partial charge is 0.309 e. The maximum absolute atomic E-state index is 5.11. The van der Waals surface area contributed by atoms with E-state index in [2.05, 4.69) is 158 Å². The van der Waals surface area contributed by atoms with Crippen LogP contribution in [0.5, 0.6) is 0 Å².